The minimum Gasteiger partial charge on any atom is -0.455 e. The molecule has 0 amide bonds. The van der Waals surface area contributed by atoms with Crippen LogP contribution in [0.25, 0.3) is 61.3 Å². The average Bonchev–Trinajstić information content (AvgIpc) is 3.73. The van der Waals surface area contributed by atoms with E-state index in [0.29, 0.717) is 5.92 Å². The molecule has 0 radical (unpaired) electrons. The van der Waals surface area contributed by atoms with Crippen LogP contribution in [0.4, 0.5) is 0 Å². The van der Waals surface area contributed by atoms with Crippen molar-refractivity contribution >= 4 is 51.9 Å². The van der Waals surface area contributed by atoms with E-state index in [1.165, 1.54) is 94.1 Å². The quantitative estimate of drug-likeness (QED) is 0.130. The maximum Gasteiger partial charge on any atom is 0.299 e. The third kappa shape index (κ3) is 5.59. The molecule has 7 aromatic rings. The van der Waals surface area contributed by atoms with Crippen molar-refractivity contribution in [2.24, 2.45) is 5.92 Å². The second-order valence-electron chi connectivity index (χ2n) is 18.2. The Kier molecular flexibility index (Phi) is 8.33. The molecule has 0 saturated heterocycles. The zero-order chi connectivity index (χ0) is 37.6. The monoisotopic (exact) mass is 741 g/mol. The van der Waals surface area contributed by atoms with Crippen LogP contribution in [0.5, 0.6) is 0 Å². The van der Waals surface area contributed by atoms with Crippen LogP contribution in [0.1, 0.15) is 93.5 Å². The van der Waals surface area contributed by atoms with Crippen molar-refractivity contribution in [1.82, 2.24) is 4.57 Å². The summed E-state index contributed by atoms with van der Waals surface area (Å²) in [4.78, 5) is 0. The molecule has 4 aromatic carbocycles. The number of pyridine rings is 1. The van der Waals surface area contributed by atoms with E-state index < -0.39 is 8.07 Å². The molecule has 1 aliphatic carbocycles. The minimum absolute atomic E-state index is 0.232. The van der Waals surface area contributed by atoms with Gasteiger partial charge in [0.05, 0.1) is 20.5 Å². The number of rotatable bonds is 4. The molecule has 2 atom stereocenters. The molecule has 0 bridgehead atoms. The highest BCUT2D eigenvalue weighted by molar-refractivity contribution is 6.89. The van der Waals surface area contributed by atoms with Gasteiger partial charge in [0.25, 0.3) is 5.82 Å². The Morgan fingerprint density at radius 2 is 1.62 bits per heavy atom. The Balaban J connectivity index is 1.22. The van der Waals surface area contributed by atoms with E-state index in [1.807, 2.05) is 0 Å². The van der Waals surface area contributed by atoms with Crippen LogP contribution < -0.4 is 14.3 Å². The van der Waals surface area contributed by atoms with Crippen molar-refractivity contribution in [2.75, 3.05) is 0 Å². The van der Waals surface area contributed by atoms with Crippen LogP contribution in [-0.4, -0.2) is 12.6 Å². The standard InChI is InChI=1S/C50H55N3OSi/c1-32(2)52-42-21-13-14-22-43(42)53-33(3)28-44-39(26-24-35-25-27-41-40-20-12-15-23-46(40)54-49(41)48(35)50(52)53)37-18-10-11-19-38(37)45-30-36(29-34-16-8-7-9-17-34)47(31-51(44)45)55(4,5)6/h10-15,18-23,25,27,30-32,34,39,44H,3,7-9,16-17,24,26,28-29H2,1-2,4-6H3/q+2. The molecule has 278 valence electrons. The summed E-state index contributed by atoms with van der Waals surface area (Å²) in [6, 6.07) is 34.7. The molecule has 3 aromatic heterocycles. The van der Waals surface area contributed by atoms with E-state index in [0.717, 1.165) is 42.0 Å². The number of hydrogen-bond acceptors (Lipinski definition) is 1. The number of benzene rings is 4. The van der Waals surface area contributed by atoms with Crippen LogP contribution in [0.3, 0.4) is 0 Å². The van der Waals surface area contributed by atoms with Crippen molar-refractivity contribution in [1.29, 1.82) is 0 Å². The number of aromatic nitrogens is 3. The number of imidazole rings is 1. The fourth-order valence-corrected chi connectivity index (χ4v) is 12.5. The van der Waals surface area contributed by atoms with Gasteiger partial charge in [0.2, 0.25) is 5.69 Å². The highest BCUT2D eigenvalue weighted by atomic mass is 28.3. The predicted octanol–water partition coefficient (Wildman–Crippen LogP) is 11.8. The molecule has 3 aliphatic rings. The zero-order valence-electron chi connectivity index (χ0n) is 33.4. The molecule has 5 heteroatoms. The number of allylic oxidation sites excluding steroid dienone is 1. The molecule has 4 nitrogen and oxygen atoms in total. The lowest BCUT2D eigenvalue weighted by atomic mass is 9.77. The summed E-state index contributed by atoms with van der Waals surface area (Å²) in [5.74, 6) is 2.33. The van der Waals surface area contributed by atoms with Gasteiger partial charge in [-0.3, -0.25) is 0 Å². The van der Waals surface area contributed by atoms with Crippen molar-refractivity contribution in [3.63, 3.8) is 0 Å². The third-order valence-electron chi connectivity index (χ3n) is 13.4. The van der Waals surface area contributed by atoms with Crippen molar-refractivity contribution < 1.29 is 13.6 Å². The van der Waals surface area contributed by atoms with E-state index in [1.54, 1.807) is 10.8 Å². The van der Waals surface area contributed by atoms with Gasteiger partial charge in [-0.1, -0.05) is 119 Å². The summed E-state index contributed by atoms with van der Waals surface area (Å²) in [7, 11) is -1.68. The lowest BCUT2D eigenvalue weighted by molar-refractivity contribution is -0.716. The zero-order valence-corrected chi connectivity index (χ0v) is 34.4. The van der Waals surface area contributed by atoms with Gasteiger partial charge < -0.3 is 4.42 Å². The molecule has 2 aliphatic heterocycles. The van der Waals surface area contributed by atoms with Crippen LogP contribution in [-0.2, 0) is 12.8 Å². The fraction of sp³-hybridized carbons (Fsp3) is 0.360. The van der Waals surface area contributed by atoms with Gasteiger partial charge in [-0.15, -0.1) is 0 Å². The molecule has 5 heterocycles. The van der Waals surface area contributed by atoms with Gasteiger partial charge in [0.15, 0.2) is 28.9 Å². The summed E-state index contributed by atoms with van der Waals surface area (Å²) >= 11 is 0. The van der Waals surface area contributed by atoms with Gasteiger partial charge in [0, 0.05) is 33.5 Å². The molecular formula is C50H55N3OSi+2. The fourth-order valence-electron chi connectivity index (χ4n) is 10.9. The van der Waals surface area contributed by atoms with Crippen LogP contribution in [0, 0.1) is 5.92 Å². The highest BCUT2D eigenvalue weighted by Crippen LogP contribution is 2.47. The predicted molar refractivity (Wildman–Crippen MR) is 231 cm³/mol. The second-order valence-corrected chi connectivity index (χ2v) is 23.3. The number of furan rings is 1. The lowest BCUT2D eigenvalue weighted by Crippen LogP contribution is -2.54. The van der Waals surface area contributed by atoms with E-state index >= 15 is 0 Å². The van der Waals surface area contributed by atoms with E-state index in [4.69, 9.17) is 11.0 Å². The summed E-state index contributed by atoms with van der Waals surface area (Å²) in [5.41, 5.74) is 14.0. The molecule has 0 spiro atoms. The summed E-state index contributed by atoms with van der Waals surface area (Å²) in [5, 5.41) is 3.99. The first-order valence-electron chi connectivity index (χ1n) is 21.0. The molecule has 1 saturated carbocycles. The van der Waals surface area contributed by atoms with Gasteiger partial charge in [-0.2, -0.15) is 9.13 Å². The highest BCUT2D eigenvalue weighted by Gasteiger charge is 2.45. The Hall–Kier alpha value is -4.74. The maximum absolute atomic E-state index is 6.91. The van der Waals surface area contributed by atoms with Crippen molar-refractivity contribution in [2.45, 2.75) is 109 Å². The van der Waals surface area contributed by atoms with E-state index in [2.05, 4.69) is 144 Å². The first kappa shape index (κ1) is 34.7. The van der Waals surface area contributed by atoms with Gasteiger partial charge >= 0.3 is 0 Å². The number of aryl methyl sites for hydroxylation is 1. The van der Waals surface area contributed by atoms with E-state index in [-0.39, 0.29) is 12.1 Å². The Labute approximate surface area is 327 Å². The van der Waals surface area contributed by atoms with Crippen LogP contribution in [0.15, 0.2) is 108 Å². The van der Waals surface area contributed by atoms with Gasteiger partial charge in [-0.05, 0) is 80.0 Å². The molecule has 10 rings (SSSR count). The van der Waals surface area contributed by atoms with Gasteiger partial charge in [-0.25, -0.2) is 4.57 Å². The van der Waals surface area contributed by atoms with Crippen molar-refractivity contribution in [3.05, 3.63) is 120 Å². The smallest absolute Gasteiger partial charge is 0.299 e. The number of nitrogens with zero attached hydrogens (tertiary/aromatic N) is 3. The first-order valence-corrected chi connectivity index (χ1v) is 24.5. The molecule has 1 fully saturated rings. The Morgan fingerprint density at radius 1 is 0.855 bits per heavy atom. The largest absolute Gasteiger partial charge is 0.455 e. The molecule has 2 unspecified atom stereocenters. The van der Waals surface area contributed by atoms with Crippen molar-refractivity contribution in [3.8, 4) is 22.6 Å². The van der Waals surface area contributed by atoms with Crippen LogP contribution >= 0.6 is 0 Å². The number of fused-ring (bicyclic) bond motifs is 15. The SMILES string of the molecule is C=C1CC2C(CCc3ccc4c(oc5ccccc54)c3-c3n1c1ccccc1[n+]3C(C)C)c1ccccc1-c1cc(CC3CCCCC3)c([Si](C)(C)C)c[n+]12. The maximum atomic E-state index is 6.91. The summed E-state index contributed by atoms with van der Waals surface area (Å²) in [6.45, 7) is 17.3. The average molecular weight is 742 g/mol. The topological polar surface area (TPSA) is 25.8 Å². The minimum atomic E-state index is -1.68. The molecule has 0 N–H and O–H groups in total. The molecule has 55 heavy (non-hydrogen) atoms. The Bertz CT molecular complexity index is 2650. The second kappa shape index (κ2) is 13.2. The normalized spacial score (nSPS) is 19.0. The van der Waals surface area contributed by atoms with Crippen LogP contribution in [0.2, 0.25) is 19.6 Å². The molecular weight excluding hydrogens is 687 g/mol. The lowest BCUT2D eigenvalue weighted by Gasteiger charge is -2.33. The summed E-state index contributed by atoms with van der Waals surface area (Å²) in [6.07, 6.45) is 13.7. The third-order valence-corrected chi connectivity index (χ3v) is 15.4. The summed E-state index contributed by atoms with van der Waals surface area (Å²) < 4.78 is 14.7. The Morgan fingerprint density at radius 3 is 2.44 bits per heavy atom. The van der Waals surface area contributed by atoms with E-state index in [9.17, 15) is 0 Å². The number of para-hydroxylation sites is 3. The number of hydrogen-bond donors (Lipinski definition) is 0. The van der Waals surface area contributed by atoms with Gasteiger partial charge in [0.1, 0.15) is 16.8 Å². The first-order chi connectivity index (χ1) is 26.7.